The normalized spacial score (nSPS) is 14.5. The SMILES string of the molecule is O=C(c1cnn(-c2ccccc2)n1)N1CCC1. The third-order valence-corrected chi connectivity index (χ3v) is 2.84. The molecule has 17 heavy (non-hydrogen) atoms. The quantitative estimate of drug-likeness (QED) is 0.773. The molecule has 5 nitrogen and oxygen atoms in total. The molecule has 1 fully saturated rings. The van der Waals surface area contributed by atoms with Crippen LogP contribution in [-0.2, 0) is 0 Å². The van der Waals surface area contributed by atoms with Crippen molar-refractivity contribution in [2.24, 2.45) is 0 Å². The summed E-state index contributed by atoms with van der Waals surface area (Å²) in [4.78, 5) is 15.1. The highest BCUT2D eigenvalue weighted by Gasteiger charge is 2.23. The van der Waals surface area contributed by atoms with Crippen molar-refractivity contribution < 1.29 is 4.79 Å². The summed E-state index contributed by atoms with van der Waals surface area (Å²) in [5, 5.41) is 8.30. The Hall–Kier alpha value is -2.17. The van der Waals surface area contributed by atoms with Crippen LogP contribution in [0.15, 0.2) is 36.5 Å². The second-order valence-electron chi connectivity index (χ2n) is 4.00. The van der Waals surface area contributed by atoms with Crippen molar-refractivity contribution in [3.8, 4) is 5.69 Å². The van der Waals surface area contributed by atoms with E-state index in [0.717, 1.165) is 25.2 Å². The summed E-state index contributed by atoms with van der Waals surface area (Å²) in [5.74, 6) is -0.0292. The van der Waals surface area contributed by atoms with Crippen LogP contribution in [-0.4, -0.2) is 38.9 Å². The first-order chi connectivity index (χ1) is 8.34. The van der Waals surface area contributed by atoms with Crippen LogP contribution >= 0.6 is 0 Å². The van der Waals surface area contributed by atoms with E-state index in [1.54, 1.807) is 4.90 Å². The van der Waals surface area contributed by atoms with Crippen LogP contribution in [0.4, 0.5) is 0 Å². The van der Waals surface area contributed by atoms with Crippen LogP contribution in [0, 0.1) is 0 Å². The average molecular weight is 228 g/mol. The Morgan fingerprint density at radius 3 is 2.59 bits per heavy atom. The first kappa shape index (κ1) is 10.0. The molecule has 2 aromatic rings. The molecule has 0 radical (unpaired) electrons. The largest absolute Gasteiger partial charge is 0.337 e. The van der Waals surface area contributed by atoms with Crippen LogP contribution in [0.25, 0.3) is 5.69 Å². The van der Waals surface area contributed by atoms with Gasteiger partial charge >= 0.3 is 0 Å². The zero-order valence-electron chi connectivity index (χ0n) is 9.28. The van der Waals surface area contributed by atoms with Crippen LogP contribution in [0.2, 0.25) is 0 Å². The second-order valence-corrected chi connectivity index (χ2v) is 4.00. The lowest BCUT2D eigenvalue weighted by molar-refractivity contribution is 0.0645. The van der Waals surface area contributed by atoms with Gasteiger partial charge in [-0.05, 0) is 18.6 Å². The molecule has 1 saturated heterocycles. The maximum absolute atomic E-state index is 11.9. The number of hydrogen-bond acceptors (Lipinski definition) is 3. The predicted octanol–water partition coefficient (Wildman–Crippen LogP) is 1.11. The molecule has 1 aliphatic rings. The summed E-state index contributed by atoms with van der Waals surface area (Å²) >= 11 is 0. The van der Waals surface area contributed by atoms with Crippen LogP contribution in [0.5, 0.6) is 0 Å². The molecule has 86 valence electrons. The van der Waals surface area contributed by atoms with Crippen LogP contribution in [0.3, 0.4) is 0 Å². The lowest BCUT2D eigenvalue weighted by atomic mass is 10.2. The number of likely N-dealkylation sites (tertiary alicyclic amines) is 1. The molecule has 1 amide bonds. The summed E-state index contributed by atoms with van der Waals surface area (Å²) < 4.78 is 0. The van der Waals surface area contributed by atoms with Crippen LogP contribution in [0.1, 0.15) is 16.9 Å². The monoisotopic (exact) mass is 228 g/mol. The van der Waals surface area contributed by atoms with E-state index < -0.39 is 0 Å². The molecule has 1 aromatic carbocycles. The van der Waals surface area contributed by atoms with Crippen molar-refractivity contribution in [1.82, 2.24) is 19.9 Å². The lowest BCUT2D eigenvalue weighted by Crippen LogP contribution is -2.42. The Bertz CT molecular complexity index is 530. The third kappa shape index (κ3) is 1.80. The molecular weight excluding hydrogens is 216 g/mol. The van der Waals surface area contributed by atoms with E-state index in [4.69, 9.17) is 0 Å². The number of aromatic nitrogens is 3. The molecule has 0 unspecified atom stereocenters. The summed E-state index contributed by atoms with van der Waals surface area (Å²) in [7, 11) is 0. The van der Waals surface area contributed by atoms with Crippen molar-refractivity contribution in [2.45, 2.75) is 6.42 Å². The van der Waals surface area contributed by atoms with Gasteiger partial charge in [0, 0.05) is 13.1 Å². The lowest BCUT2D eigenvalue weighted by Gasteiger charge is -2.29. The summed E-state index contributed by atoms with van der Waals surface area (Å²) in [6.45, 7) is 1.66. The fourth-order valence-electron chi connectivity index (χ4n) is 1.73. The highest BCUT2D eigenvalue weighted by Crippen LogP contribution is 2.11. The number of para-hydroxylation sites is 1. The maximum Gasteiger partial charge on any atom is 0.276 e. The number of rotatable bonds is 2. The number of hydrogen-bond donors (Lipinski definition) is 0. The molecule has 0 aliphatic carbocycles. The number of carbonyl (C=O) groups is 1. The van der Waals surface area contributed by atoms with Gasteiger partial charge in [-0.15, -0.1) is 5.10 Å². The highest BCUT2D eigenvalue weighted by atomic mass is 16.2. The summed E-state index contributed by atoms with van der Waals surface area (Å²) in [6.07, 6.45) is 2.60. The Morgan fingerprint density at radius 1 is 1.18 bits per heavy atom. The molecule has 5 heteroatoms. The van der Waals surface area contributed by atoms with E-state index in [-0.39, 0.29) is 5.91 Å². The first-order valence-electron chi connectivity index (χ1n) is 5.61. The second kappa shape index (κ2) is 4.01. The van der Waals surface area contributed by atoms with E-state index >= 15 is 0 Å². The molecule has 2 heterocycles. The average Bonchev–Trinajstić information content (AvgIpc) is 2.77. The van der Waals surface area contributed by atoms with Gasteiger partial charge in [-0.2, -0.15) is 9.90 Å². The zero-order chi connectivity index (χ0) is 11.7. The van der Waals surface area contributed by atoms with Crippen molar-refractivity contribution >= 4 is 5.91 Å². The highest BCUT2D eigenvalue weighted by molar-refractivity contribution is 5.92. The van der Waals surface area contributed by atoms with E-state index in [2.05, 4.69) is 10.2 Å². The van der Waals surface area contributed by atoms with Gasteiger partial charge in [0.1, 0.15) is 0 Å². The molecular formula is C12H12N4O. The minimum absolute atomic E-state index is 0.0292. The first-order valence-corrected chi connectivity index (χ1v) is 5.61. The Kier molecular flexibility index (Phi) is 2.36. The van der Waals surface area contributed by atoms with Gasteiger partial charge in [-0.25, -0.2) is 0 Å². The van der Waals surface area contributed by atoms with E-state index in [0.29, 0.717) is 5.69 Å². The van der Waals surface area contributed by atoms with E-state index in [1.807, 2.05) is 30.3 Å². The molecule has 0 N–H and O–H groups in total. The summed E-state index contributed by atoms with van der Waals surface area (Å²) in [5.41, 5.74) is 1.27. The predicted molar refractivity (Wildman–Crippen MR) is 61.9 cm³/mol. The van der Waals surface area contributed by atoms with Gasteiger partial charge in [-0.3, -0.25) is 4.79 Å². The number of amides is 1. The van der Waals surface area contributed by atoms with Crippen molar-refractivity contribution in [2.75, 3.05) is 13.1 Å². The molecule has 3 rings (SSSR count). The molecule has 1 aliphatic heterocycles. The molecule has 0 spiro atoms. The van der Waals surface area contributed by atoms with Crippen molar-refractivity contribution in [1.29, 1.82) is 0 Å². The third-order valence-electron chi connectivity index (χ3n) is 2.84. The van der Waals surface area contributed by atoms with Gasteiger partial charge in [0.15, 0.2) is 5.69 Å². The molecule has 0 bridgehead atoms. The molecule has 0 atom stereocenters. The zero-order valence-corrected chi connectivity index (χ0v) is 9.28. The minimum Gasteiger partial charge on any atom is -0.337 e. The smallest absolute Gasteiger partial charge is 0.276 e. The fourth-order valence-corrected chi connectivity index (χ4v) is 1.73. The van der Waals surface area contributed by atoms with E-state index in [9.17, 15) is 4.79 Å². The van der Waals surface area contributed by atoms with E-state index in [1.165, 1.54) is 11.0 Å². The van der Waals surface area contributed by atoms with Gasteiger partial charge in [0.2, 0.25) is 0 Å². The Morgan fingerprint density at radius 2 is 1.94 bits per heavy atom. The number of carbonyl (C=O) groups excluding carboxylic acids is 1. The van der Waals surface area contributed by atoms with Gasteiger partial charge in [0.25, 0.3) is 5.91 Å². The molecule has 0 saturated carbocycles. The minimum atomic E-state index is -0.0292. The maximum atomic E-state index is 11.9. The Balaban J connectivity index is 1.85. The topological polar surface area (TPSA) is 51.0 Å². The summed E-state index contributed by atoms with van der Waals surface area (Å²) in [6, 6.07) is 9.56. The van der Waals surface area contributed by atoms with Gasteiger partial charge < -0.3 is 4.90 Å². The van der Waals surface area contributed by atoms with Crippen molar-refractivity contribution in [3.63, 3.8) is 0 Å². The van der Waals surface area contributed by atoms with Gasteiger partial charge in [-0.1, -0.05) is 18.2 Å². The van der Waals surface area contributed by atoms with Crippen LogP contribution < -0.4 is 0 Å². The number of benzene rings is 1. The van der Waals surface area contributed by atoms with Gasteiger partial charge in [0.05, 0.1) is 11.9 Å². The standard InChI is InChI=1S/C12H12N4O/c17-12(15-7-4-8-15)11-9-13-16(14-11)10-5-2-1-3-6-10/h1-3,5-6,9H,4,7-8H2. The van der Waals surface area contributed by atoms with Crippen molar-refractivity contribution in [3.05, 3.63) is 42.2 Å². The Labute approximate surface area is 98.7 Å². The fraction of sp³-hybridized carbons (Fsp3) is 0.250. The number of nitrogens with zero attached hydrogens (tertiary/aromatic N) is 4. The molecule has 1 aromatic heterocycles.